The molecule has 5 nitrogen and oxygen atoms in total. The normalized spacial score (nSPS) is 20.3. The standard InChI is InChI=1S/C24H29N3O2/c28-24-5-2-12-27(24)21-7-9-23(25-16-21)29-22-8-6-19-10-13-26(14-11-20(19)15-22)17-18-3-1-4-18/h6-9,15-16,18H,1-5,10-14,17H2. The van der Waals surface area contributed by atoms with E-state index in [1.54, 1.807) is 11.1 Å². The molecule has 3 heterocycles. The number of hydrogen-bond donors (Lipinski definition) is 0. The highest BCUT2D eigenvalue weighted by molar-refractivity contribution is 5.95. The van der Waals surface area contributed by atoms with Crippen LogP contribution in [-0.4, -0.2) is 42.0 Å². The maximum absolute atomic E-state index is 11.9. The van der Waals surface area contributed by atoms with Crippen molar-refractivity contribution in [2.45, 2.75) is 44.9 Å². The van der Waals surface area contributed by atoms with Crippen LogP contribution in [0.1, 0.15) is 43.2 Å². The lowest BCUT2D eigenvalue weighted by molar-refractivity contribution is -0.117. The number of aromatic nitrogens is 1. The van der Waals surface area contributed by atoms with Crippen LogP contribution in [0.15, 0.2) is 36.5 Å². The van der Waals surface area contributed by atoms with E-state index in [9.17, 15) is 4.79 Å². The second-order valence-electron chi connectivity index (χ2n) is 8.63. The molecule has 1 saturated carbocycles. The van der Waals surface area contributed by atoms with E-state index in [-0.39, 0.29) is 5.91 Å². The Kier molecular flexibility index (Phi) is 5.23. The number of nitrogens with zero attached hydrogens (tertiary/aromatic N) is 3. The first-order chi connectivity index (χ1) is 14.2. The van der Waals surface area contributed by atoms with Crippen LogP contribution >= 0.6 is 0 Å². The van der Waals surface area contributed by atoms with Crippen molar-refractivity contribution < 1.29 is 9.53 Å². The molecule has 1 aromatic heterocycles. The average Bonchev–Trinajstić information content (AvgIpc) is 3.02. The maximum Gasteiger partial charge on any atom is 0.227 e. The molecule has 152 valence electrons. The number of ether oxygens (including phenoxy) is 1. The average molecular weight is 392 g/mol. The smallest absolute Gasteiger partial charge is 0.227 e. The summed E-state index contributed by atoms with van der Waals surface area (Å²) in [5.41, 5.74) is 3.70. The Morgan fingerprint density at radius 3 is 2.52 bits per heavy atom. The lowest BCUT2D eigenvalue weighted by Crippen LogP contribution is -2.34. The molecule has 29 heavy (non-hydrogen) atoms. The Morgan fingerprint density at radius 1 is 0.966 bits per heavy atom. The van der Waals surface area contributed by atoms with Gasteiger partial charge in [-0.2, -0.15) is 0 Å². The van der Waals surface area contributed by atoms with Crippen molar-refractivity contribution in [3.63, 3.8) is 0 Å². The number of pyridine rings is 1. The molecule has 0 radical (unpaired) electrons. The number of rotatable bonds is 5. The fourth-order valence-corrected chi connectivity index (χ4v) is 4.67. The number of amides is 1. The molecule has 2 fully saturated rings. The third kappa shape index (κ3) is 4.15. The molecule has 1 aliphatic carbocycles. The molecule has 3 aliphatic rings. The molecule has 1 amide bonds. The number of carbonyl (C=O) groups excluding carboxylic acids is 1. The quantitative estimate of drug-likeness (QED) is 0.766. The van der Waals surface area contributed by atoms with E-state index < -0.39 is 0 Å². The summed E-state index contributed by atoms with van der Waals surface area (Å²) in [4.78, 5) is 20.7. The van der Waals surface area contributed by atoms with Crippen LogP contribution in [0.25, 0.3) is 0 Å². The van der Waals surface area contributed by atoms with Gasteiger partial charge in [-0.05, 0) is 67.3 Å². The monoisotopic (exact) mass is 391 g/mol. The maximum atomic E-state index is 11.9. The van der Waals surface area contributed by atoms with Gasteiger partial charge in [0.25, 0.3) is 0 Å². The Hall–Kier alpha value is -2.40. The molecule has 0 N–H and O–H groups in total. The van der Waals surface area contributed by atoms with E-state index in [1.165, 1.54) is 43.5 Å². The lowest BCUT2D eigenvalue weighted by Gasteiger charge is -2.31. The first kappa shape index (κ1) is 18.6. The van der Waals surface area contributed by atoms with Gasteiger partial charge in [0.05, 0.1) is 11.9 Å². The van der Waals surface area contributed by atoms with Crippen molar-refractivity contribution in [2.24, 2.45) is 5.92 Å². The van der Waals surface area contributed by atoms with Crippen LogP contribution < -0.4 is 9.64 Å². The number of fused-ring (bicyclic) bond motifs is 1. The van der Waals surface area contributed by atoms with Gasteiger partial charge in [-0.1, -0.05) is 12.5 Å². The summed E-state index contributed by atoms with van der Waals surface area (Å²) in [5, 5.41) is 0. The number of carbonyl (C=O) groups is 1. The van der Waals surface area contributed by atoms with Crippen molar-refractivity contribution in [1.82, 2.24) is 9.88 Å². The molecule has 0 spiro atoms. The minimum absolute atomic E-state index is 0.178. The summed E-state index contributed by atoms with van der Waals surface area (Å²) in [6, 6.07) is 10.2. The third-order valence-corrected chi connectivity index (χ3v) is 6.64. The highest BCUT2D eigenvalue weighted by atomic mass is 16.5. The third-order valence-electron chi connectivity index (χ3n) is 6.64. The molecule has 5 rings (SSSR count). The summed E-state index contributed by atoms with van der Waals surface area (Å²) >= 11 is 0. The molecule has 5 heteroatoms. The van der Waals surface area contributed by atoms with Crippen LogP contribution in [0, 0.1) is 5.92 Å². The molecule has 1 saturated heterocycles. The molecular formula is C24H29N3O2. The SMILES string of the molecule is O=C1CCCN1c1ccc(Oc2ccc3c(c2)CCN(CC2CCC2)CC3)nc1. The van der Waals surface area contributed by atoms with Gasteiger partial charge in [-0.25, -0.2) is 4.98 Å². The predicted octanol–water partition coefficient (Wildman–Crippen LogP) is 4.20. The number of anilines is 1. The minimum atomic E-state index is 0.178. The molecular weight excluding hydrogens is 362 g/mol. The van der Waals surface area contributed by atoms with Gasteiger partial charge in [0, 0.05) is 38.7 Å². The van der Waals surface area contributed by atoms with Crippen LogP contribution in [0.5, 0.6) is 11.6 Å². The van der Waals surface area contributed by atoms with Crippen molar-refractivity contribution in [3.05, 3.63) is 47.7 Å². The van der Waals surface area contributed by atoms with Crippen molar-refractivity contribution in [3.8, 4) is 11.6 Å². The second kappa shape index (κ2) is 8.15. The Morgan fingerprint density at radius 2 is 1.83 bits per heavy atom. The number of benzene rings is 1. The van der Waals surface area contributed by atoms with E-state index in [2.05, 4.69) is 28.1 Å². The first-order valence-corrected chi connectivity index (χ1v) is 11.0. The molecule has 0 bridgehead atoms. The topological polar surface area (TPSA) is 45.7 Å². The van der Waals surface area contributed by atoms with E-state index >= 15 is 0 Å². The van der Waals surface area contributed by atoms with Gasteiger partial charge in [-0.15, -0.1) is 0 Å². The van der Waals surface area contributed by atoms with E-state index in [0.29, 0.717) is 12.3 Å². The molecule has 0 unspecified atom stereocenters. The predicted molar refractivity (Wildman–Crippen MR) is 114 cm³/mol. The lowest BCUT2D eigenvalue weighted by atomic mass is 9.85. The van der Waals surface area contributed by atoms with Crippen molar-refractivity contribution in [1.29, 1.82) is 0 Å². The summed E-state index contributed by atoms with van der Waals surface area (Å²) < 4.78 is 6.02. The zero-order chi connectivity index (χ0) is 19.6. The van der Waals surface area contributed by atoms with Crippen molar-refractivity contribution >= 4 is 11.6 Å². The zero-order valence-corrected chi connectivity index (χ0v) is 17.0. The van der Waals surface area contributed by atoms with Gasteiger partial charge in [0.15, 0.2) is 0 Å². The van der Waals surface area contributed by atoms with Gasteiger partial charge in [0.1, 0.15) is 5.75 Å². The van der Waals surface area contributed by atoms with E-state index in [4.69, 9.17) is 4.74 Å². The second-order valence-corrected chi connectivity index (χ2v) is 8.63. The first-order valence-electron chi connectivity index (χ1n) is 11.0. The summed E-state index contributed by atoms with van der Waals surface area (Å²) in [5.74, 6) is 2.52. The molecule has 2 aromatic rings. The highest BCUT2D eigenvalue weighted by Crippen LogP contribution is 2.30. The van der Waals surface area contributed by atoms with Crippen LogP contribution in [0.3, 0.4) is 0 Å². The summed E-state index contributed by atoms with van der Waals surface area (Å²) in [7, 11) is 0. The van der Waals surface area contributed by atoms with Crippen LogP contribution in [-0.2, 0) is 17.6 Å². The van der Waals surface area contributed by atoms with Gasteiger partial charge in [0.2, 0.25) is 11.8 Å². The van der Waals surface area contributed by atoms with Crippen molar-refractivity contribution in [2.75, 3.05) is 31.1 Å². The van der Waals surface area contributed by atoms with E-state index in [1.807, 2.05) is 12.1 Å². The Balaban J connectivity index is 1.23. The molecule has 1 aromatic carbocycles. The Labute approximate surface area is 172 Å². The zero-order valence-electron chi connectivity index (χ0n) is 17.0. The highest BCUT2D eigenvalue weighted by Gasteiger charge is 2.23. The molecule has 0 atom stereocenters. The van der Waals surface area contributed by atoms with Gasteiger partial charge < -0.3 is 14.5 Å². The van der Waals surface area contributed by atoms with Gasteiger partial charge in [-0.3, -0.25) is 4.79 Å². The van der Waals surface area contributed by atoms with Gasteiger partial charge >= 0.3 is 0 Å². The fraction of sp³-hybridized carbons (Fsp3) is 0.500. The van der Waals surface area contributed by atoms with E-state index in [0.717, 1.165) is 49.7 Å². The summed E-state index contributed by atoms with van der Waals surface area (Å²) in [6.45, 7) is 4.36. The van der Waals surface area contributed by atoms with Crippen LogP contribution in [0.4, 0.5) is 5.69 Å². The summed E-state index contributed by atoms with van der Waals surface area (Å²) in [6.07, 6.45) is 9.75. The number of hydrogen-bond acceptors (Lipinski definition) is 4. The molecule has 2 aliphatic heterocycles. The fourth-order valence-electron chi connectivity index (χ4n) is 4.67. The van der Waals surface area contributed by atoms with Crippen LogP contribution in [0.2, 0.25) is 0 Å². The Bertz CT molecular complexity index is 876. The minimum Gasteiger partial charge on any atom is -0.439 e. The largest absolute Gasteiger partial charge is 0.439 e.